The van der Waals surface area contributed by atoms with Crippen molar-refractivity contribution in [2.45, 2.75) is 11.4 Å². The summed E-state index contributed by atoms with van der Waals surface area (Å²) in [5.74, 6) is -0.700. The summed E-state index contributed by atoms with van der Waals surface area (Å²) in [6, 6.07) is 1.65. The zero-order valence-electron chi connectivity index (χ0n) is 9.21. The average Bonchev–Trinajstić information content (AvgIpc) is 2.28. The molecule has 19 heavy (non-hydrogen) atoms. The maximum atomic E-state index is 11.4. The Hall–Kier alpha value is -2.12. The minimum Gasteiger partial charge on any atom is -0.341 e. The number of H-pyrrole nitrogens is 1. The fraction of sp³-hybridized carbons (Fsp3) is 0.250. The molecule has 1 amide bonds. The molecule has 1 rings (SSSR count). The van der Waals surface area contributed by atoms with Gasteiger partial charge in [0.25, 0.3) is 14.6 Å². The van der Waals surface area contributed by atoms with Crippen LogP contribution in [-0.2, 0) is 20.4 Å². The van der Waals surface area contributed by atoms with Gasteiger partial charge in [0.05, 0.1) is 6.07 Å². The number of nitriles is 1. The SMILES string of the molecule is N#CCNC(=O)Cn1cc(S(=O)(=O)Cl)c(=O)[nH]c1=O. The Kier molecular flexibility index (Phi) is 4.47. The normalized spacial score (nSPS) is 10.7. The van der Waals surface area contributed by atoms with Gasteiger partial charge in [-0.15, -0.1) is 0 Å². The lowest BCUT2D eigenvalue weighted by Crippen LogP contribution is -2.37. The van der Waals surface area contributed by atoms with Gasteiger partial charge in [-0.2, -0.15) is 5.26 Å². The molecule has 1 heterocycles. The molecular weight excluding hydrogens is 300 g/mol. The third-order valence-electron chi connectivity index (χ3n) is 1.92. The van der Waals surface area contributed by atoms with E-state index in [9.17, 15) is 22.8 Å². The molecule has 0 aliphatic rings. The van der Waals surface area contributed by atoms with Gasteiger partial charge in [-0.25, -0.2) is 13.2 Å². The Balaban J connectivity index is 3.17. The van der Waals surface area contributed by atoms with Crippen LogP contribution in [0.1, 0.15) is 0 Å². The Labute approximate surface area is 110 Å². The number of amides is 1. The van der Waals surface area contributed by atoms with Crippen LogP contribution in [0, 0.1) is 11.3 Å². The molecule has 11 heteroatoms. The molecule has 9 nitrogen and oxygen atoms in total. The monoisotopic (exact) mass is 306 g/mol. The zero-order chi connectivity index (χ0) is 14.6. The van der Waals surface area contributed by atoms with Crippen molar-refractivity contribution < 1.29 is 13.2 Å². The zero-order valence-corrected chi connectivity index (χ0v) is 10.8. The maximum absolute atomic E-state index is 11.4. The summed E-state index contributed by atoms with van der Waals surface area (Å²) in [6.07, 6.45) is 0.662. The highest BCUT2D eigenvalue weighted by molar-refractivity contribution is 8.13. The van der Waals surface area contributed by atoms with Crippen molar-refractivity contribution in [3.8, 4) is 6.07 Å². The van der Waals surface area contributed by atoms with Crippen molar-refractivity contribution in [3.05, 3.63) is 27.0 Å². The Morgan fingerprint density at radius 1 is 1.53 bits per heavy atom. The predicted octanol–water partition coefficient (Wildman–Crippen LogP) is -1.90. The van der Waals surface area contributed by atoms with Crippen LogP contribution >= 0.6 is 10.7 Å². The van der Waals surface area contributed by atoms with Crippen LogP contribution in [0.5, 0.6) is 0 Å². The molecule has 0 fully saturated rings. The van der Waals surface area contributed by atoms with Crippen LogP contribution in [0.15, 0.2) is 20.7 Å². The molecule has 0 aromatic carbocycles. The van der Waals surface area contributed by atoms with Crippen molar-refractivity contribution in [2.75, 3.05) is 6.54 Å². The number of aromatic nitrogens is 2. The van der Waals surface area contributed by atoms with E-state index in [0.29, 0.717) is 10.8 Å². The van der Waals surface area contributed by atoms with E-state index in [0.717, 1.165) is 0 Å². The van der Waals surface area contributed by atoms with Gasteiger partial charge in [0.2, 0.25) is 5.91 Å². The molecule has 0 saturated carbocycles. The topological polar surface area (TPSA) is 142 Å². The number of nitrogens with zero attached hydrogens (tertiary/aromatic N) is 2. The van der Waals surface area contributed by atoms with Crippen molar-refractivity contribution in [2.24, 2.45) is 0 Å². The molecule has 0 spiro atoms. The first-order valence-electron chi connectivity index (χ1n) is 4.68. The molecule has 102 valence electrons. The van der Waals surface area contributed by atoms with Crippen LogP contribution in [0.4, 0.5) is 0 Å². The first-order valence-corrected chi connectivity index (χ1v) is 6.98. The molecule has 0 radical (unpaired) electrons. The summed E-state index contributed by atoms with van der Waals surface area (Å²) in [5.41, 5.74) is -2.14. The Morgan fingerprint density at radius 2 is 2.16 bits per heavy atom. The molecule has 0 bridgehead atoms. The number of halogens is 1. The van der Waals surface area contributed by atoms with Crippen molar-refractivity contribution in [3.63, 3.8) is 0 Å². The highest BCUT2D eigenvalue weighted by atomic mass is 35.7. The molecule has 0 atom stereocenters. The lowest BCUT2D eigenvalue weighted by Gasteiger charge is -2.05. The second-order valence-electron chi connectivity index (χ2n) is 3.25. The van der Waals surface area contributed by atoms with Gasteiger partial charge in [0.15, 0.2) is 4.90 Å². The molecule has 0 unspecified atom stereocenters. The molecule has 1 aromatic rings. The Bertz CT molecular complexity index is 757. The molecule has 1 aromatic heterocycles. The minimum absolute atomic E-state index is 0.266. The highest BCUT2D eigenvalue weighted by Gasteiger charge is 2.18. The molecular formula is C8H7ClN4O5S. The first-order chi connectivity index (χ1) is 8.75. The van der Waals surface area contributed by atoms with E-state index in [2.05, 4.69) is 5.32 Å². The average molecular weight is 307 g/mol. The fourth-order valence-corrected chi connectivity index (χ4v) is 1.98. The summed E-state index contributed by atoms with van der Waals surface area (Å²) in [5, 5.41) is 10.4. The number of nitrogens with one attached hydrogen (secondary N) is 2. The van der Waals surface area contributed by atoms with Crippen molar-refractivity contribution in [1.29, 1.82) is 5.26 Å². The van der Waals surface area contributed by atoms with Gasteiger partial charge in [-0.05, 0) is 0 Å². The van der Waals surface area contributed by atoms with E-state index >= 15 is 0 Å². The third-order valence-corrected chi connectivity index (χ3v) is 3.23. The van der Waals surface area contributed by atoms with E-state index in [1.54, 1.807) is 11.1 Å². The van der Waals surface area contributed by atoms with Crippen molar-refractivity contribution >= 4 is 25.6 Å². The van der Waals surface area contributed by atoms with Gasteiger partial charge >= 0.3 is 5.69 Å². The molecule has 0 saturated heterocycles. The van der Waals surface area contributed by atoms with Crippen LogP contribution < -0.4 is 16.6 Å². The summed E-state index contributed by atoms with van der Waals surface area (Å²) >= 11 is 0. The lowest BCUT2D eigenvalue weighted by atomic mass is 10.5. The standard InChI is InChI=1S/C8H7ClN4O5S/c9-19(17,18)5-3-13(8(16)12-7(5)15)4-6(14)11-2-1-10/h3H,2,4H2,(H,11,14)(H,12,15,16). The molecule has 2 N–H and O–H groups in total. The van der Waals surface area contributed by atoms with Gasteiger partial charge in [-0.1, -0.05) is 0 Å². The first kappa shape index (κ1) is 14.9. The van der Waals surface area contributed by atoms with Crippen LogP contribution in [0.2, 0.25) is 0 Å². The second kappa shape index (κ2) is 5.68. The summed E-state index contributed by atoms with van der Waals surface area (Å²) in [6.45, 7) is -0.825. The smallest absolute Gasteiger partial charge is 0.328 e. The van der Waals surface area contributed by atoms with Gasteiger partial charge in [0, 0.05) is 16.9 Å². The van der Waals surface area contributed by atoms with E-state index < -0.39 is 37.6 Å². The number of hydrogen-bond acceptors (Lipinski definition) is 6. The number of carbonyl (C=O) groups excluding carboxylic acids is 1. The Morgan fingerprint density at radius 3 is 2.68 bits per heavy atom. The number of carbonyl (C=O) groups is 1. The highest BCUT2D eigenvalue weighted by Crippen LogP contribution is 2.07. The van der Waals surface area contributed by atoms with Crippen LogP contribution in [-0.4, -0.2) is 30.4 Å². The second-order valence-corrected chi connectivity index (χ2v) is 5.79. The van der Waals surface area contributed by atoms with Gasteiger partial charge < -0.3 is 5.32 Å². The van der Waals surface area contributed by atoms with E-state index in [1.165, 1.54) is 0 Å². The maximum Gasteiger partial charge on any atom is 0.328 e. The largest absolute Gasteiger partial charge is 0.341 e. The van der Waals surface area contributed by atoms with Gasteiger partial charge in [-0.3, -0.25) is 19.1 Å². The van der Waals surface area contributed by atoms with E-state index in [-0.39, 0.29) is 6.54 Å². The lowest BCUT2D eigenvalue weighted by molar-refractivity contribution is -0.121. The van der Waals surface area contributed by atoms with E-state index in [1.807, 2.05) is 0 Å². The minimum atomic E-state index is -4.34. The molecule has 0 aliphatic heterocycles. The summed E-state index contributed by atoms with van der Waals surface area (Å²) < 4.78 is 22.8. The molecule has 0 aliphatic carbocycles. The number of hydrogen-bond donors (Lipinski definition) is 2. The number of aromatic amines is 1. The quantitative estimate of drug-likeness (QED) is 0.491. The van der Waals surface area contributed by atoms with E-state index in [4.69, 9.17) is 15.9 Å². The van der Waals surface area contributed by atoms with Crippen molar-refractivity contribution in [1.82, 2.24) is 14.9 Å². The van der Waals surface area contributed by atoms with Crippen LogP contribution in [0.25, 0.3) is 0 Å². The van der Waals surface area contributed by atoms with Crippen LogP contribution in [0.3, 0.4) is 0 Å². The number of rotatable bonds is 4. The predicted molar refractivity (Wildman–Crippen MR) is 63.0 cm³/mol. The van der Waals surface area contributed by atoms with Gasteiger partial charge in [0.1, 0.15) is 13.1 Å². The fourth-order valence-electron chi connectivity index (χ4n) is 1.13. The summed E-state index contributed by atoms with van der Waals surface area (Å²) in [4.78, 5) is 34.7. The third kappa shape index (κ3) is 3.94. The summed E-state index contributed by atoms with van der Waals surface area (Å²) in [7, 11) is 0.661.